The number of carbonyl (C=O) groups excluding carboxylic acids is 3. The summed E-state index contributed by atoms with van der Waals surface area (Å²) in [5, 5.41) is 0. The van der Waals surface area contributed by atoms with Crippen LogP contribution >= 0.6 is 0 Å². The maximum Gasteiger partial charge on any atom is 0.410 e. The summed E-state index contributed by atoms with van der Waals surface area (Å²) in [5.74, 6) is -0.0119. The molecule has 0 radical (unpaired) electrons. The zero-order valence-corrected chi connectivity index (χ0v) is 48.8. The number of hydrogen-bond donors (Lipinski definition) is 0. The van der Waals surface area contributed by atoms with Gasteiger partial charge in [0.25, 0.3) is 0 Å². The smallest absolute Gasteiger partial charge is 0.410 e. The monoisotopic (exact) mass is 1010 g/mol. The van der Waals surface area contributed by atoms with Crippen LogP contribution in [0.25, 0.3) is 0 Å². The number of hydrogen-bond acceptors (Lipinski definition) is 8. The predicted octanol–water partition coefficient (Wildman–Crippen LogP) is 18.5. The van der Waals surface area contributed by atoms with Crippen LogP contribution in [0, 0.1) is 0 Å². The van der Waals surface area contributed by atoms with Gasteiger partial charge in [-0.1, -0.05) is 182 Å². The van der Waals surface area contributed by atoms with Crippen molar-refractivity contribution in [2.24, 2.45) is 0 Å². The van der Waals surface area contributed by atoms with E-state index < -0.39 is 0 Å². The van der Waals surface area contributed by atoms with E-state index >= 15 is 0 Å². The largest absolute Gasteiger partial charge is 0.462 e. The Labute approximate surface area is 441 Å². The second-order valence-corrected chi connectivity index (χ2v) is 21.8. The lowest BCUT2D eigenvalue weighted by Gasteiger charge is -2.26. The Morgan fingerprint density at radius 2 is 0.648 bits per heavy atom. The molecule has 71 heavy (non-hydrogen) atoms. The number of rotatable bonds is 55. The van der Waals surface area contributed by atoms with Crippen molar-refractivity contribution in [1.29, 1.82) is 0 Å². The molecule has 0 N–H and O–H groups in total. The first-order valence-electron chi connectivity index (χ1n) is 31.2. The summed E-state index contributed by atoms with van der Waals surface area (Å²) in [7, 11) is 4.19. The van der Waals surface area contributed by atoms with Crippen LogP contribution in [0.4, 0.5) is 4.79 Å². The molecule has 0 aliphatic heterocycles. The Bertz CT molecular complexity index is 1060. The van der Waals surface area contributed by atoms with Crippen molar-refractivity contribution in [2.75, 3.05) is 40.3 Å². The molecule has 0 aromatic carbocycles. The molecule has 9 nitrogen and oxygen atoms in total. The van der Waals surface area contributed by atoms with Crippen LogP contribution in [-0.4, -0.2) is 92.6 Å². The average molecular weight is 1010 g/mol. The molecular weight excluding hydrogens is 885 g/mol. The molecule has 1 amide bonds. The van der Waals surface area contributed by atoms with E-state index in [4.69, 9.17) is 18.9 Å². The van der Waals surface area contributed by atoms with Crippen LogP contribution < -0.4 is 0 Å². The van der Waals surface area contributed by atoms with E-state index in [1.807, 2.05) is 4.90 Å². The molecule has 422 valence electrons. The van der Waals surface area contributed by atoms with Gasteiger partial charge in [0, 0.05) is 32.5 Å². The number of esters is 2. The van der Waals surface area contributed by atoms with Gasteiger partial charge in [0.2, 0.25) is 0 Å². The Morgan fingerprint density at radius 3 is 1.01 bits per heavy atom. The number of carbonyl (C=O) groups is 3. The maximum absolute atomic E-state index is 13.9. The minimum atomic E-state index is -0.140. The van der Waals surface area contributed by atoms with Gasteiger partial charge in [-0.3, -0.25) is 9.59 Å². The third kappa shape index (κ3) is 46.4. The van der Waals surface area contributed by atoms with Gasteiger partial charge in [0.05, 0.1) is 6.10 Å². The molecule has 0 aliphatic carbocycles. The molecule has 0 aromatic rings. The molecule has 0 saturated heterocycles. The standard InChI is InChI=1S/C62H122N2O7/c1-9-15-19-32-45-57(46-33-20-16-10-2)69-60(65)51-39-29-25-23-27-36-49-59(71-62(67)64(55-42-53-63(7)8)54-41-31-38-44-56(43-13-5)68-14-6)50-37-28-24-26-30-40-52-61(66)70-58(47-34-21-17-11-3)48-35-22-18-12-4/h56-59H,9-55H2,1-8H3. The van der Waals surface area contributed by atoms with E-state index in [1.165, 1.54) is 77.0 Å². The van der Waals surface area contributed by atoms with E-state index in [0.29, 0.717) is 18.9 Å². The van der Waals surface area contributed by atoms with Crippen molar-refractivity contribution < 1.29 is 33.3 Å². The lowest BCUT2D eigenvalue weighted by atomic mass is 10.0. The number of unbranched alkanes of at least 4 members (excludes halogenated alkanes) is 24. The van der Waals surface area contributed by atoms with Crippen LogP contribution in [-0.2, 0) is 28.5 Å². The molecule has 0 fully saturated rings. The highest BCUT2D eigenvalue weighted by atomic mass is 16.6. The molecule has 0 spiro atoms. The lowest BCUT2D eigenvalue weighted by molar-refractivity contribution is -0.151. The van der Waals surface area contributed by atoms with Gasteiger partial charge < -0.3 is 28.7 Å². The maximum atomic E-state index is 13.9. The van der Waals surface area contributed by atoms with Crippen molar-refractivity contribution >= 4 is 18.0 Å². The van der Waals surface area contributed by atoms with Gasteiger partial charge in [0.15, 0.2) is 0 Å². The second-order valence-electron chi connectivity index (χ2n) is 21.8. The summed E-state index contributed by atoms with van der Waals surface area (Å²) in [6.07, 6.45) is 46.9. The summed E-state index contributed by atoms with van der Waals surface area (Å²) in [5.41, 5.74) is 0. The topological polar surface area (TPSA) is 94.6 Å². The normalized spacial score (nSPS) is 12.2. The molecule has 0 rings (SSSR count). The van der Waals surface area contributed by atoms with Crippen molar-refractivity contribution in [1.82, 2.24) is 9.80 Å². The van der Waals surface area contributed by atoms with Crippen molar-refractivity contribution in [2.45, 2.75) is 342 Å². The van der Waals surface area contributed by atoms with Crippen molar-refractivity contribution in [3.63, 3.8) is 0 Å². The van der Waals surface area contributed by atoms with Gasteiger partial charge in [-0.2, -0.15) is 0 Å². The molecule has 0 aromatic heterocycles. The first-order chi connectivity index (χ1) is 34.6. The molecule has 0 heterocycles. The third-order valence-electron chi connectivity index (χ3n) is 14.5. The fraction of sp³-hybridized carbons (Fsp3) is 0.952. The van der Waals surface area contributed by atoms with Crippen LogP contribution in [0.1, 0.15) is 318 Å². The van der Waals surface area contributed by atoms with E-state index in [-0.39, 0.29) is 36.3 Å². The van der Waals surface area contributed by atoms with E-state index in [1.54, 1.807) is 0 Å². The Kier molecular flexibility index (Phi) is 51.6. The van der Waals surface area contributed by atoms with Crippen molar-refractivity contribution in [3.8, 4) is 0 Å². The van der Waals surface area contributed by atoms with E-state index in [9.17, 15) is 14.4 Å². The van der Waals surface area contributed by atoms with Crippen LogP contribution in [0.2, 0.25) is 0 Å². The summed E-state index contributed by atoms with van der Waals surface area (Å²) in [4.78, 5) is 43.8. The minimum Gasteiger partial charge on any atom is -0.462 e. The Hall–Kier alpha value is -1.87. The summed E-state index contributed by atoms with van der Waals surface area (Å²) in [6.45, 7) is 16.5. The third-order valence-corrected chi connectivity index (χ3v) is 14.5. The van der Waals surface area contributed by atoms with Crippen molar-refractivity contribution in [3.05, 3.63) is 0 Å². The minimum absolute atomic E-state index is 0.00594. The lowest BCUT2D eigenvalue weighted by Crippen LogP contribution is -2.37. The van der Waals surface area contributed by atoms with Crippen LogP contribution in [0.15, 0.2) is 0 Å². The molecular formula is C62H122N2O7. The number of amides is 1. The van der Waals surface area contributed by atoms with E-state index in [0.717, 1.165) is 212 Å². The first-order valence-corrected chi connectivity index (χ1v) is 31.2. The molecule has 1 atom stereocenters. The number of ether oxygens (including phenoxy) is 4. The molecule has 0 saturated carbocycles. The fourth-order valence-corrected chi connectivity index (χ4v) is 9.98. The Balaban J connectivity index is 5.19. The van der Waals surface area contributed by atoms with Gasteiger partial charge in [-0.25, -0.2) is 4.79 Å². The average Bonchev–Trinajstić information content (AvgIpc) is 3.34. The molecule has 0 aliphatic rings. The zero-order valence-electron chi connectivity index (χ0n) is 48.8. The van der Waals surface area contributed by atoms with Gasteiger partial charge in [-0.05, 0) is 143 Å². The second kappa shape index (κ2) is 53.0. The highest BCUT2D eigenvalue weighted by Crippen LogP contribution is 2.22. The van der Waals surface area contributed by atoms with Crippen LogP contribution in [0.5, 0.6) is 0 Å². The number of nitrogens with zero attached hydrogens (tertiary/aromatic N) is 2. The quantitative estimate of drug-likeness (QED) is 0.0338. The highest BCUT2D eigenvalue weighted by Gasteiger charge is 2.21. The van der Waals surface area contributed by atoms with Crippen LogP contribution in [0.3, 0.4) is 0 Å². The molecule has 0 bridgehead atoms. The van der Waals surface area contributed by atoms with Gasteiger partial charge in [0.1, 0.15) is 18.3 Å². The summed E-state index contributed by atoms with van der Waals surface area (Å²) >= 11 is 0. The zero-order chi connectivity index (χ0) is 52.3. The Morgan fingerprint density at radius 1 is 0.324 bits per heavy atom. The predicted molar refractivity (Wildman–Crippen MR) is 302 cm³/mol. The summed E-state index contributed by atoms with van der Waals surface area (Å²) < 4.78 is 24.5. The van der Waals surface area contributed by atoms with E-state index in [2.05, 4.69) is 60.5 Å². The van der Waals surface area contributed by atoms with Gasteiger partial charge in [-0.15, -0.1) is 0 Å². The first kappa shape index (κ1) is 69.1. The fourth-order valence-electron chi connectivity index (χ4n) is 9.98. The highest BCUT2D eigenvalue weighted by molar-refractivity contribution is 5.70. The molecule has 1 unspecified atom stereocenters. The SMILES string of the molecule is CCCCCCC(CCCCCC)OC(=O)CCCCCCCCC(CCCCCCCCC(=O)OC(CCCCCC)CCCCCC)OC(=O)N(CCCCCC(CCC)OCC)CCCN(C)C. The summed E-state index contributed by atoms with van der Waals surface area (Å²) in [6, 6.07) is 0. The van der Waals surface area contributed by atoms with Gasteiger partial charge >= 0.3 is 18.0 Å². The molecule has 9 heteroatoms.